The van der Waals surface area contributed by atoms with E-state index in [1.54, 1.807) is 6.20 Å². The summed E-state index contributed by atoms with van der Waals surface area (Å²) in [6.07, 6.45) is 7.74. The molecule has 2 aromatic carbocycles. The third kappa shape index (κ3) is 3.90. The number of carbonyl (C=O) groups is 1. The van der Waals surface area contributed by atoms with Gasteiger partial charge in [-0.05, 0) is 48.7 Å². The van der Waals surface area contributed by atoms with Crippen LogP contribution in [-0.2, 0) is 11.3 Å². The average Bonchev–Trinajstić information content (AvgIpc) is 3.49. The van der Waals surface area contributed by atoms with Crippen molar-refractivity contribution >= 4 is 11.6 Å². The first-order valence-corrected chi connectivity index (χ1v) is 10.7. The quantitative estimate of drug-likeness (QED) is 0.707. The molecule has 6 heteroatoms. The Labute approximate surface area is 176 Å². The predicted molar refractivity (Wildman–Crippen MR) is 116 cm³/mol. The number of nitrogens with zero attached hydrogens (tertiary/aromatic N) is 3. The second-order valence-corrected chi connectivity index (χ2v) is 8.06. The minimum Gasteiger partial charge on any atom is -0.477 e. The highest BCUT2D eigenvalue weighted by atomic mass is 16.5. The molecular formula is C24H26N4O2. The fraction of sp³-hybridized carbons (Fsp3) is 0.333. The first-order chi connectivity index (χ1) is 14.8. The van der Waals surface area contributed by atoms with Gasteiger partial charge in [0.25, 0.3) is 5.91 Å². The average molecular weight is 402 g/mol. The second-order valence-electron chi connectivity index (χ2n) is 8.06. The van der Waals surface area contributed by atoms with Gasteiger partial charge in [-0.3, -0.25) is 4.79 Å². The zero-order chi connectivity index (χ0) is 20.3. The zero-order valence-corrected chi connectivity index (χ0v) is 16.9. The van der Waals surface area contributed by atoms with Gasteiger partial charge in [-0.1, -0.05) is 37.1 Å². The van der Waals surface area contributed by atoms with Gasteiger partial charge in [0.2, 0.25) is 0 Å². The van der Waals surface area contributed by atoms with Gasteiger partial charge in [0.15, 0.2) is 6.10 Å². The Morgan fingerprint density at radius 2 is 1.87 bits per heavy atom. The van der Waals surface area contributed by atoms with E-state index in [4.69, 9.17) is 4.74 Å². The number of para-hydroxylation sites is 2. The number of hydrogen-bond donors (Lipinski definition) is 1. The van der Waals surface area contributed by atoms with Gasteiger partial charge in [0, 0.05) is 25.0 Å². The van der Waals surface area contributed by atoms with Crippen molar-refractivity contribution in [3.8, 4) is 11.4 Å². The zero-order valence-electron chi connectivity index (χ0n) is 16.9. The summed E-state index contributed by atoms with van der Waals surface area (Å²) in [5.41, 5.74) is 3.23. The molecule has 1 aliphatic heterocycles. The van der Waals surface area contributed by atoms with Crippen LogP contribution in [0.4, 0.5) is 5.69 Å². The van der Waals surface area contributed by atoms with Crippen molar-refractivity contribution in [2.24, 2.45) is 0 Å². The smallest absolute Gasteiger partial charge is 0.263 e. The van der Waals surface area contributed by atoms with Crippen molar-refractivity contribution in [3.63, 3.8) is 0 Å². The second kappa shape index (κ2) is 8.22. The summed E-state index contributed by atoms with van der Waals surface area (Å²) in [6, 6.07) is 18.5. The molecule has 6 nitrogen and oxygen atoms in total. The molecule has 0 saturated heterocycles. The lowest BCUT2D eigenvalue weighted by atomic mass is 10.1. The number of hydrogen-bond acceptors (Lipinski definition) is 4. The van der Waals surface area contributed by atoms with E-state index in [1.807, 2.05) is 35.1 Å². The lowest BCUT2D eigenvalue weighted by molar-refractivity contribution is -0.128. The maximum atomic E-state index is 12.9. The minimum atomic E-state index is -0.496. The van der Waals surface area contributed by atoms with E-state index in [2.05, 4.69) is 45.6 Å². The summed E-state index contributed by atoms with van der Waals surface area (Å²) < 4.78 is 7.92. The molecule has 1 N–H and O–H groups in total. The molecule has 1 unspecified atom stereocenters. The SMILES string of the molecule is O=C(NC1CCCC1)C1CN(Cc2ccc(-n3cccn3)cc2)c2ccccc2O1. The van der Waals surface area contributed by atoms with Crippen LogP contribution in [0.1, 0.15) is 31.2 Å². The van der Waals surface area contributed by atoms with Crippen molar-refractivity contribution in [1.29, 1.82) is 0 Å². The maximum absolute atomic E-state index is 12.9. The predicted octanol–water partition coefficient (Wildman–Crippen LogP) is 3.70. The summed E-state index contributed by atoms with van der Waals surface area (Å²) in [6.45, 7) is 1.25. The van der Waals surface area contributed by atoms with Crippen molar-refractivity contribution in [2.75, 3.05) is 11.4 Å². The van der Waals surface area contributed by atoms with E-state index in [0.717, 1.165) is 30.0 Å². The van der Waals surface area contributed by atoms with Gasteiger partial charge >= 0.3 is 0 Å². The van der Waals surface area contributed by atoms with Gasteiger partial charge < -0.3 is 15.0 Å². The van der Waals surface area contributed by atoms with Crippen LogP contribution in [0.5, 0.6) is 5.75 Å². The topological polar surface area (TPSA) is 59.4 Å². The Balaban J connectivity index is 1.33. The molecule has 0 radical (unpaired) electrons. The Kier molecular flexibility index (Phi) is 5.13. The molecular weight excluding hydrogens is 376 g/mol. The summed E-state index contributed by atoms with van der Waals surface area (Å²) in [7, 11) is 0. The van der Waals surface area contributed by atoms with Crippen LogP contribution in [0, 0.1) is 0 Å². The van der Waals surface area contributed by atoms with E-state index >= 15 is 0 Å². The van der Waals surface area contributed by atoms with Crippen LogP contribution in [0.25, 0.3) is 5.69 Å². The number of benzene rings is 2. The van der Waals surface area contributed by atoms with Gasteiger partial charge in [-0.25, -0.2) is 4.68 Å². The van der Waals surface area contributed by atoms with Gasteiger partial charge in [0.1, 0.15) is 5.75 Å². The number of nitrogens with one attached hydrogen (secondary N) is 1. The monoisotopic (exact) mass is 402 g/mol. The number of carbonyl (C=O) groups excluding carboxylic acids is 1. The number of amides is 1. The molecule has 1 atom stereocenters. The van der Waals surface area contributed by atoms with Crippen LogP contribution < -0.4 is 15.0 Å². The molecule has 1 saturated carbocycles. The molecule has 2 heterocycles. The lowest BCUT2D eigenvalue weighted by Crippen LogP contribution is -2.50. The van der Waals surface area contributed by atoms with Crippen LogP contribution in [0.3, 0.4) is 0 Å². The Morgan fingerprint density at radius 3 is 2.63 bits per heavy atom. The third-order valence-electron chi connectivity index (χ3n) is 5.93. The molecule has 1 fully saturated rings. The molecule has 154 valence electrons. The minimum absolute atomic E-state index is 0.00423. The van der Waals surface area contributed by atoms with Crippen LogP contribution >= 0.6 is 0 Å². The molecule has 2 aliphatic rings. The largest absolute Gasteiger partial charge is 0.477 e. The number of anilines is 1. The Morgan fingerprint density at radius 1 is 1.07 bits per heavy atom. The molecule has 0 spiro atoms. The standard InChI is InChI=1S/C24H26N4O2/c29-24(26-19-6-1-2-7-19)23-17-27(21-8-3-4-9-22(21)30-23)16-18-10-12-20(13-11-18)28-15-5-14-25-28/h3-5,8-15,19,23H,1-2,6-7,16-17H2,(H,26,29). The number of aromatic nitrogens is 2. The van der Waals surface area contributed by atoms with E-state index in [0.29, 0.717) is 19.1 Å². The first-order valence-electron chi connectivity index (χ1n) is 10.7. The van der Waals surface area contributed by atoms with E-state index < -0.39 is 6.10 Å². The van der Waals surface area contributed by atoms with Gasteiger partial charge in [-0.15, -0.1) is 0 Å². The Bertz CT molecular complexity index is 994. The van der Waals surface area contributed by atoms with Crippen molar-refractivity contribution < 1.29 is 9.53 Å². The summed E-state index contributed by atoms with van der Waals surface area (Å²) >= 11 is 0. The highest BCUT2D eigenvalue weighted by Gasteiger charge is 2.32. The Hall–Kier alpha value is -3.28. The summed E-state index contributed by atoms with van der Waals surface area (Å²) in [4.78, 5) is 15.1. The highest BCUT2D eigenvalue weighted by molar-refractivity contribution is 5.83. The number of fused-ring (bicyclic) bond motifs is 1. The van der Waals surface area contributed by atoms with E-state index in [1.165, 1.54) is 18.4 Å². The maximum Gasteiger partial charge on any atom is 0.263 e. The van der Waals surface area contributed by atoms with E-state index in [9.17, 15) is 4.79 Å². The fourth-order valence-corrected chi connectivity index (χ4v) is 4.35. The van der Waals surface area contributed by atoms with Crippen LogP contribution in [0.15, 0.2) is 67.0 Å². The van der Waals surface area contributed by atoms with E-state index in [-0.39, 0.29) is 5.91 Å². The molecule has 1 aromatic heterocycles. The fourth-order valence-electron chi connectivity index (χ4n) is 4.35. The highest BCUT2D eigenvalue weighted by Crippen LogP contribution is 2.34. The summed E-state index contributed by atoms with van der Waals surface area (Å²) in [5.74, 6) is 0.763. The summed E-state index contributed by atoms with van der Waals surface area (Å²) in [5, 5.41) is 7.46. The lowest BCUT2D eigenvalue weighted by Gasteiger charge is -2.36. The van der Waals surface area contributed by atoms with Crippen molar-refractivity contribution in [3.05, 3.63) is 72.6 Å². The van der Waals surface area contributed by atoms with Crippen LogP contribution in [-0.4, -0.2) is 34.4 Å². The third-order valence-corrected chi connectivity index (χ3v) is 5.93. The number of rotatable bonds is 5. The molecule has 1 aliphatic carbocycles. The molecule has 0 bridgehead atoms. The molecule has 3 aromatic rings. The van der Waals surface area contributed by atoms with Crippen molar-refractivity contribution in [2.45, 2.75) is 44.4 Å². The molecule has 1 amide bonds. The van der Waals surface area contributed by atoms with Crippen LogP contribution in [0.2, 0.25) is 0 Å². The number of ether oxygens (including phenoxy) is 1. The van der Waals surface area contributed by atoms with Gasteiger partial charge in [-0.2, -0.15) is 5.10 Å². The molecule has 5 rings (SSSR count). The van der Waals surface area contributed by atoms with Crippen molar-refractivity contribution in [1.82, 2.24) is 15.1 Å². The van der Waals surface area contributed by atoms with Gasteiger partial charge in [0.05, 0.1) is 17.9 Å². The normalized spacial score (nSPS) is 18.7. The first kappa shape index (κ1) is 18.7. The molecule has 30 heavy (non-hydrogen) atoms.